The van der Waals surface area contributed by atoms with Gasteiger partial charge in [-0.15, -0.1) is 11.3 Å². The van der Waals surface area contributed by atoms with E-state index in [1.165, 1.54) is 29.7 Å². The van der Waals surface area contributed by atoms with Crippen LogP contribution in [0.2, 0.25) is 0 Å². The Hall–Kier alpha value is -4.43. The quantitative estimate of drug-likeness (QED) is 0.155. The van der Waals surface area contributed by atoms with Gasteiger partial charge in [-0.3, -0.25) is 19.8 Å². The number of carbonyl (C=O) groups excluding carboxylic acids is 2. The van der Waals surface area contributed by atoms with Gasteiger partial charge in [0.15, 0.2) is 11.6 Å². The molecule has 37 heavy (non-hydrogen) atoms. The lowest BCUT2D eigenvalue weighted by Crippen LogP contribution is -2.31. The molecule has 0 radical (unpaired) electrons. The molecule has 0 aliphatic rings. The lowest BCUT2D eigenvalue weighted by molar-refractivity contribution is -0.896. The Morgan fingerprint density at radius 3 is 2.41 bits per heavy atom. The van der Waals surface area contributed by atoms with Gasteiger partial charge in [-0.05, 0) is 35.4 Å². The van der Waals surface area contributed by atoms with Gasteiger partial charge in [-0.25, -0.2) is 4.39 Å². The molecule has 8 heteroatoms. The predicted octanol–water partition coefficient (Wildman–Crippen LogP) is 5.73. The number of hydrogen-bond acceptors (Lipinski definition) is 6. The molecule has 5 aromatic rings. The molecule has 0 aliphatic heterocycles. The number of Topliss-reactive ketones (excluding diaryl/α,β-unsaturated/α-hetero) is 2. The smallest absolute Gasteiger partial charge is 0.274 e. The minimum Gasteiger partial charge on any atom is -0.453 e. The van der Waals surface area contributed by atoms with Crippen LogP contribution < -0.4 is 9.47 Å². The molecule has 6 nitrogen and oxygen atoms in total. The van der Waals surface area contributed by atoms with Gasteiger partial charge in [0.25, 0.3) is 5.69 Å². The van der Waals surface area contributed by atoms with E-state index in [2.05, 4.69) is 4.98 Å². The predicted molar refractivity (Wildman–Crippen MR) is 137 cm³/mol. The Bertz CT molecular complexity index is 1600. The molecule has 0 bridgehead atoms. The molecule has 0 saturated heterocycles. The van der Waals surface area contributed by atoms with E-state index < -0.39 is 5.82 Å². The van der Waals surface area contributed by atoms with Crippen LogP contribution in [0.5, 0.6) is 11.5 Å². The van der Waals surface area contributed by atoms with E-state index >= 15 is 0 Å². The van der Waals surface area contributed by atoms with Crippen molar-refractivity contribution in [1.82, 2.24) is 4.98 Å². The molecule has 0 fully saturated rings. The van der Waals surface area contributed by atoms with Crippen LogP contribution in [-0.4, -0.2) is 21.8 Å². The maximum atomic E-state index is 14.9. The second-order valence-corrected chi connectivity index (χ2v) is 9.58. The summed E-state index contributed by atoms with van der Waals surface area (Å²) in [5.74, 6) is -0.612. The zero-order chi connectivity index (χ0) is 25.8. The highest BCUT2D eigenvalue weighted by atomic mass is 32.1. The van der Waals surface area contributed by atoms with Crippen LogP contribution in [0.3, 0.4) is 0 Å². The van der Waals surface area contributed by atoms with Crippen LogP contribution in [0.4, 0.5) is 4.39 Å². The van der Waals surface area contributed by atoms with Crippen molar-refractivity contribution in [3.63, 3.8) is 0 Å². The number of nitrogens with zero attached hydrogens (tertiary/aromatic N) is 2. The molecule has 0 aliphatic carbocycles. The van der Waals surface area contributed by atoms with Gasteiger partial charge < -0.3 is 4.74 Å². The first kappa shape index (κ1) is 24.3. The number of rotatable bonds is 9. The van der Waals surface area contributed by atoms with Gasteiger partial charge in [0, 0.05) is 42.0 Å². The number of benzene rings is 2. The van der Waals surface area contributed by atoms with Crippen molar-refractivity contribution in [2.75, 3.05) is 0 Å². The fraction of sp³-hybridized carbons (Fsp3) is 0.103. The molecule has 0 saturated carbocycles. The largest absolute Gasteiger partial charge is 0.453 e. The molecule has 3 heterocycles. The zero-order valence-corrected chi connectivity index (χ0v) is 20.5. The number of halogens is 1. The lowest BCUT2D eigenvalue weighted by Gasteiger charge is -2.09. The topological polar surface area (TPSA) is 80.4 Å². The van der Waals surface area contributed by atoms with Crippen LogP contribution in [0.25, 0.3) is 20.8 Å². The van der Waals surface area contributed by atoms with Crippen molar-refractivity contribution in [1.29, 1.82) is 0 Å². The number of hydrogen-bond donors (Lipinski definition) is 1. The number of thiophene rings is 1. The minimum absolute atomic E-state index is 0.00994. The Morgan fingerprint density at radius 2 is 1.65 bits per heavy atom. The second kappa shape index (κ2) is 10.7. The molecule has 184 valence electrons. The molecule has 0 amide bonds. The first-order valence-corrected chi connectivity index (χ1v) is 12.4. The zero-order valence-electron chi connectivity index (χ0n) is 19.6. The highest BCUT2D eigenvalue weighted by Crippen LogP contribution is 2.38. The van der Waals surface area contributed by atoms with Crippen molar-refractivity contribution in [2.45, 2.75) is 19.3 Å². The van der Waals surface area contributed by atoms with E-state index in [4.69, 9.17) is 4.74 Å². The molecule has 1 N–H and O–H groups in total. The number of aromatic nitrogens is 2. The van der Waals surface area contributed by atoms with Crippen molar-refractivity contribution in [2.24, 2.45) is 0 Å². The monoisotopic (exact) mass is 513 g/mol. The third kappa shape index (κ3) is 5.70. The normalized spacial score (nSPS) is 10.9. The standard InChI is InChI=1S/C29H22FN2O4S/c30-23-16-20(15-22(34)17-21(33)14-19-6-2-1-3-7-19)9-10-26(23)36-27-11-12-31-24-18-28(37-29(24)27)25-8-4-5-13-32(25)35/h1-13,16,18,35H,14-15,17H2/q+1. The number of ether oxygens (including phenoxy) is 1. The van der Waals surface area contributed by atoms with Gasteiger partial charge in [0.2, 0.25) is 6.20 Å². The summed E-state index contributed by atoms with van der Waals surface area (Å²) in [6.45, 7) is 0. The Balaban J connectivity index is 1.28. The maximum absolute atomic E-state index is 14.9. The Labute approximate surface area is 216 Å². The van der Waals surface area contributed by atoms with Crippen LogP contribution >= 0.6 is 11.3 Å². The van der Waals surface area contributed by atoms with Crippen molar-refractivity contribution in [3.8, 4) is 22.1 Å². The van der Waals surface area contributed by atoms with Crippen molar-refractivity contribution >= 4 is 33.1 Å². The average Bonchev–Trinajstić information content (AvgIpc) is 3.31. The highest BCUT2D eigenvalue weighted by molar-refractivity contribution is 7.22. The first-order valence-electron chi connectivity index (χ1n) is 11.6. The number of ketones is 2. The second-order valence-electron chi connectivity index (χ2n) is 8.52. The lowest BCUT2D eigenvalue weighted by atomic mass is 10.0. The van der Waals surface area contributed by atoms with Crippen LogP contribution in [0, 0.1) is 5.82 Å². The van der Waals surface area contributed by atoms with E-state index in [9.17, 15) is 19.2 Å². The van der Waals surface area contributed by atoms with Crippen molar-refractivity contribution < 1.29 is 28.7 Å². The summed E-state index contributed by atoms with van der Waals surface area (Å²) in [5.41, 5.74) is 2.58. The van der Waals surface area contributed by atoms with E-state index in [0.717, 1.165) is 15.2 Å². The van der Waals surface area contributed by atoms with Crippen LogP contribution in [-0.2, 0) is 22.4 Å². The molecular formula is C29H22FN2O4S+. The van der Waals surface area contributed by atoms with Crippen LogP contribution in [0.1, 0.15) is 17.5 Å². The molecule has 2 aromatic carbocycles. The summed E-state index contributed by atoms with van der Waals surface area (Å²) >= 11 is 1.37. The van der Waals surface area contributed by atoms with E-state index in [1.54, 1.807) is 30.5 Å². The summed E-state index contributed by atoms with van der Waals surface area (Å²) in [7, 11) is 0. The third-order valence-electron chi connectivity index (χ3n) is 5.72. The summed E-state index contributed by atoms with van der Waals surface area (Å²) in [6, 6.07) is 22.4. The average molecular weight is 514 g/mol. The van der Waals surface area contributed by atoms with Gasteiger partial charge in [0.05, 0.1) is 16.6 Å². The SMILES string of the molecule is O=C(CC(=O)Cc1ccc(Oc2ccnc3cc(-c4cccc[n+]4O)sc23)c(F)c1)Cc1ccccc1. The third-order valence-corrected chi connectivity index (χ3v) is 6.88. The minimum atomic E-state index is -0.612. The van der Waals surface area contributed by atoms with E-state index in [-0.39, 0.29) is 36.6 Å². The number of pyridine rings is 2. The summed E-state index contributed by atoms with van der Waals surface area (Å²) in [4.78, 5) is 29.7. The summed E-state index contributed by atoms with van der Waals surface area (Å²) in [6.07, 6.45) is 3.07. The Morgan fingerprint density at radius 1 is 0.892 bits per heavy atom. The molecule has 3 aromatic heterocycles. The molecular weight excluding hydrogens is 491 g/mol. The fourth-order valence-corrected chi connectivity index (χ4v) is 5.09. The molecule has 0 spiro atoms. The first-order chi connectivity index (χ1) is 18.0. The summed E-state index contributed by atoms with van der Waals surface area (Å²) < 4.78 is 22.5. The van der Waals surface area contributed by atoms with Crippen molar-refractivity contribution in [3.05, 3.63) is 108 Å². The highest BCUT2D eigenvalue weighted by Gasteiger charge is 2.19. The van der Waals surface area contributed by atoms with E-state index in [1.807, 2.05) is 42.5 Å². The van der Waals surface area contributed by atoms with Gasteiger partial charge in [0.1, 0.15) is 22.2 Å². The molecule has 0 atom stereocenters. The Kier molecular flexibility index (Phi) is 7.00. The maximum Gasteiger partial charge on any atom is 0.274 e. The number of fused-ring (bicyclic) bond motifs is 1. The van der Waals surface area contributed by atoms with Gasteiger partial charge in [-0.2, -0.15) is 0 Å². The molecule has 5 rings (SSSR count). The van der Waals surface area contributed by atoms with Gasteiger partial charge in [-0.1, -0.05) is 36.4 Å². The number of carbonyl (C=O) groups is 2. The van der Waals surface area contributed by atoms with E-state index in [0.29, 0.717) is 27.2 Å². The fourth-order valence-electron chi connectivity index (χ4n) is 4.00. The van der Waals surface area contributed by atoms with Gasteiger partial charge >= 0.3 is 0 Å². The summed E-state index contributed by atoms with van der Waals surface area (Å²) in [5, 5.41) is 10.1. The molecule has 0 unspecified atom stereocenters. The van der Waals surface area contributed by atoms with Crippen LogP contribution in [0.15, 0.2) is 91.3 Å².